The van der Waals surface area contributed by atoms with E-state index in [1.165, 1.54) is 12.1 Å². The van der Waals surface area contributed by atoms with Crippen molar-refractivity contribution in [2.75, 3.05) is 23.4 Å². The van der Waals surface area contributed by atoms with Crippen LogP contribution in [0.4, 0.5) is 17.1 Å². The van der Waals surface area contributed by atoms with E-state index in [0.29, 0.717) is 47.2 Å². The first kappa shape index (κ1) is 18.0. The Morgan fingerprint density at radius 3 is 2.60 bits per heavy atom. The van der Waals surface area contributed by atoms with Gasteiger partial charge in [-0.2, -0.15) is 0 Å². The molecule has 3 aromatic carbocycles. The highest BCUT2D eigenvalue weighted by Crippen LogP contribution is 2.41. The molecule has 30 heavy (non-hydrogen) atoms. The number of para-hydroxylation sites is 1. The molecular formula is C22H17N3O5. The van der Waals surface area contributed by atoms with Gasteiger partial charge in [0.15, 0.2) is 11.5 Å². The predicted octanol–water partition coefficient (Wildman–Crippen LogP) is 4.14. The summed E-state index contributed by atoms with van der Waals surface area (Å²) < 4.78 is 11.3. The highest BCUT2D eigenvalue weighted by Gasteiger charge is 2.35. The number of nitrogens with zero attached hydrogens (tertiary/aromatic N) is 2. The molecule has 150 valence electrons. The number of nitro groups is 1. The Kier molecular flexibility index (Phi) is 4.24. The Balaban J connectivity index is 1.64. The fraction of sp³-hybridized carbons (Fsp3) is 0.136. The van der Waals surface area contributed by atoms with Crippen molar-refractivity contribution in [2.24, 2.45) is 0 Å². The van der Waals surface area contributed by atoms with Crippen LogP contribution in [0.2, 0.25) is 0 Å². The molecule has 0 saturated carbocycles. The second-order valence-electron chi connectivity index (χ2n) is 6.95. The maximum absolute atomic E-state index is 13.5. The number of benzene rings is 3. The molecule has 0 spiro atoms. The molecular weight excluding hydrogens is 386 g/mol. The van der Waals surface area contributed by atoms with E-state index in [1.807, 2.05) is 12.1 Å². The van der Waals surface area contributed by atoms with E-state index < -0.39 is 11.1 Å². The van der Waals surface area contributed by atoms with Crippen LogP contribution in [0.25, 0.3) is 0 Å². The number of non-ortho nitro benzene ring substituents is 1. The Morgan fingerprint density at radius 1 is 0.967 bits per heavy atom. The van der Waals surface area contributed by atoms with Crippen LogP contribution in [0, 0.1) is 10.1 Å². The number of amides is 1. The lowest BCUT2D eigenvalue weighted by atomic mass is 10.0. The summed E-state index contributed by atoms with van der Waals surface area (Å²) in [5.74, 6) is 0.968. The predicted molar refractivity (Wildman–Crippen MR) is 110 cm³/mol. The van der Waals surface area contributed by atoms with E-state index >= 15 is 0 Å². The van der Waals surface area contributed by atoms with Crippen molar-refractivity contribution in [3.8, 4) is 11.5 Å². The van der Waals surface area contributed by atoms with Crippen LogP contribution in [0.1, 0.15) is 22.1 Å². The molecule has 3 aromatic rings. The van der Waals surface area contributed by atoms with Gasteiger partial charge in [0.25, 0.3) is 11.6 Å². The van der Waals surface area contributed by atoms with E-state index in [0.717, 1.165) is 0 Å². The fourth-order valence-electron chi connectivity index (χ4n) is 3.74. The number of anilines is 2. The molecule has 5 rings (SSSR count). The summed E-state index contributed by atoms with van der Waals surface area (Å²) in [7, 11) is 0. The average Bonchev–Trinajstić information content (AvgIpc) is 2.79. The highest BCUT2D eigenvalue weighted by molar-refractivity contribution is 6.12. The van der Waals surface area contributed by atoms with Crippen LogP contribution in [-0.2, 0) is 0 Å². The minimum absolute atomic E-state index is 0.0391. The average molecular weight is 403 g/mol. The number of nitro benzene ring substituents is 1. The number of carbonyl (C=O) groups excluding carboxylic acids is 1. The van der Waals surface area contributed by atoms with E-state index in [1.54, 1.807) is 47.4 Å². The van der Waals surface area contributed by atoms with Gasteiger partial charge < -0.3 is 14.8 Å². The number of carbonyl (C=O) groups is 1. The van der Waals surface area contributed by atoms with Crippen LogP contribution in [0.15, 0.2) is 66.7 Å². The highest BCUT2D eigenvalue weighted by atomic mass is 16.6. The summed E-state index contributed by atoms with van der Waals surface area (Å²) >= 11 is 0. The number of nitrogens with one attached hydrogen (secondary N) is 1. The Hall–Kier alpha value is -4.07. The van der Waals surface area contributed by atoms with Crippen LogP contribution in [0.5, 0.6) is 11.5 Å². The van der Waals surface area contributed by atoms with Crippen molar-refractivity contribution in [1.82, 2.24) is 0 Å². The third kappa shape index (κ3) is 2.98. The zero-order valence-corrected chi connectivity index (χ0v) is 15.8. The second-order valence-corrected chi connectivity index (χ2v) is 6.95. The maximum atomic E-state index is 13.5. The van der Waals surface area contributed by atoms with Crippen molar-refractivity contribution in [2.45, 2.75) is 6.17 Å². The summed E-state index contributed by atoms with van der Waals surface area (Å²) in [6, 6.07) is 18.8. The smallest absolute Gasteiger partial charge is 0.269 e. The molecule has 1 amide bonds. The number of fused-ring (bicyclic) bond motifs is 2. The normalized spacial score (nSPS) is 17.1. The lowest BCUT2D eigenvalue weighted by Crippen LogP contribution is -2.43. The molecule has 2 aliphatic rings. The van der Waals surface area contributed by atoms with E-state index in [4.69, 9.17) is 9.47 Å². The standard InChI is InChI=1S/C22H17N3O5/c26-22-17-6-1-2-7-18(17)23-21(14-4-3-5-16(12-14)25(27)28)24(22)15-8-9-19-20(13-15)30-11-10-29-19/h1-9,12-13,21,23H,10-11H2. The quantitative estimate of drug-likeness (QED) is 0.522. The molecule has 0 fully saturated rings. The van der Waals surface area contributed by atoms with Crippen molar-refractivity contribution in [1.29, 1.82) is 0 Å². The van der Waals surface area contributed by atoms with Crippen LogP contribution >= 0.6 is 0 Å². The Labute approximate surface area is 171 Å². The molecule has 0 aromatic heterocycles. The van der Waals surface area contributed by atoms with Gasteiger partial charge in [-0.05, 0) is 24.3 Å². The molecule has 0 aliphatic carbocycles. The van der Waals surface area contributed by atoms with Crippen LogP contribution in [-0.4, -0.2) is 24.0 Å². The fourth-order valence-corrected chi connectivity index (χ4v) is 3.74. The summed E-state index contributed by atoms with van der Waals surface area (Å²) in [5, 5.41) is 14.6. The Bertz CT molecular complexity index is 1160. The summed E-state index contributed by atoms with van der Waals surface area (Å²) in [6.45, 7) is 0.903. The van der Waals surface area contributed by atoms with Gasteiger partial charge in [0.2, 0.25) is 0 Å². The zero-order valence-electron chi connectivity index (χ0n) is 15.8. The summed E-state index contributed by atoms with van der Waals surface area (Å²) in [4.78, 5) is 25.9. The molecule has 1 atom stereocenters. The molecule has 2 aliphatic heterocycles. The Morgan fingerprint density at radius 2 is 1.77 bits per heavy atom. The zero-order chi connectivity index (χ0) is 20.7. The minimum Gasteiger partial charge on any atom is -0.486 e. The van der Waals surface area contributed by atoms with E-state index in [9.17, 15) is 14.9 Å². The lowest BCUT2D eigenvalue weighted by Gasteiger charge is -2.38. The van der Waals surface area contributed by atoms with Crippen molar-refractivity contribution >= 4 is 23.0 Å². The minimum atomic E-state index is -0.630. The van der Waals surface area contributed by atoms with E-state index in [-0.39, 0.29) is 11.6 Å². The van der Waals surface area contributed by atoms with Crippen LogP contribution in [0.3, 0.4) is 0 Å². The topological polar surface area (TPSA) is 93.9 Å². The first-order valence-corrected chi connectivity index (χ1v) is 9.45. The van der Waals surface area contributed by atoms with Crippen LogP contribution < -0.4 is 19.7 Å². The van der Waals surface area contributed by atoms with Gasteiger partial charge in [-0.3, -0.25) is 19.8 Å². The van der Waals surface area contributed by atoms with Gasteiger partial charge in [-0.25, -0.2) is 0 Å². The number of hydrogen-bond acceptors (Lipinski definition) is 6. The number of rotatable bonds is 3. The molecule has 1 unspecified atom stereocenters. The third-order valence-electron chi connectivity index (χ3n) is 5.13. The molecule has 1 N–H and O–H groups in total. The maximum Gasteiger partial charge on any atom is 0.269 e. The molecule has 8 heteroatoms. The SMILES string of the molecule is O=C1c2ccccc2NC(c2cccc([N+](=O)[O-])c2)N1c1ccc2c(c1)OCCO2. The number of hydrogen-bond donors (Lipinski definition) is 1. The summed E-state index contributed by atoms with van der Waals surface area (Å²) in [6.07, 6.45) is -0.630. The molecule has 8 nitrogen and oxygen atoms in total. The first-order valence-electron chi connectivity index (χ1n) is 9.45. The third-order valence-corrected chi connectivity index (χ3v) is 5.13. The van der Waals surface area contributed by atoms with Crippen molar-refractivity contribution in [3.63, 3.8) is 0 Å². The second kappa shape index (κ2) is 7.07. The van der Waals surface area contributed by atoms with E-state index in [2.05, 4.69) is 5.32 Å². The molecule has 0 bridgehead atoms. The molecule has 0 radical (unpaired) electrons. The lowest BCUT2D eigenvalue weighted by molar-refractivity contribution is -0.384. The van der Waals surface area contributed by atoms with Gasteiger partial charge in [0, 0.05) is 29.4 Å². The molecule has 2 heterocycles. The van der Waals surface area contributed by atoms with Gasteiger partial charge in [-0.1, -0.05) is 24.3 Å². The number of ether oxygens (including phenoxy) is 2. The van der Waals surface area contributed by atoms with Crippen molar-refractivity contribution < 1.29 is 19.2 Å². The molecule has 0 saturated heterocycles. The van der Waals surface area contributed by atoms with Gasteiger partial charge >= 0.3 is 0 Å². The van der Waals surface area contributed by atoms with Gasteiger partial charge in [0.1, 0.15) is 19.4 Å². The first-order chi connectivity index (χ1) is 14.6. The monoisotopic (exact) mass is 403 g/mol. The largest absolute Gasteiger partial charge is 0.486 e. The summed E-state index contributed by atoms with van der Waals surface area (Å²) in [5.41, 5.74) is 2.36. The van der Waals surface area contributed by atoms with Gasteiger partial charge in [0.05, 0.1) is 16.2 Å². The van der Waals surface area contributed by atoms with Gasteiger partial charge in [-0.15, -0.1) is 0 Å². The van der Waals surface area contributed by atoms with Crippen molar-refractivity contribution in [3.05, 3.63) is 88.0 Å².